The van der Waals surface area contributed by atoms with Crippen molar-refractivity contribution in [2.75, 3.05) is 45.7 Å². The third-order valence-electron chi connectivity index (χ3n) is 3.61. The van der Waals surface area contributed by atoms with Crippen LogP contribution in [0.3, 0.4) is 0 Å². The molecule has 1 unspecified atom stereocenters. The molecule has 0 saturated carbocycles. The Hall–Kier alpha value is -1.75. The topological polar surface area (TPSA) is 47.6 Å². The molecule has 0 aliphatic carbocycles. The van der Waals surface area contributed by atoms with Crippen LogP contribution in [-0.4, -0.2) is 57.8 Å². The number of nitrogens with zero attached hydrogens (tertiary/aromatic N) is 2. The van der Waals surface area contributed by atoms with Crippen LogP contribution in [0, 0.1) is 5.92 Å². The van der Waals surface area contributed by atoms with E-state index in [0.29, 0.717) is 12.5 Å². The summed E-state index contributed by atoms with van der Waals surface area (Å²) < 4.78 is 0. The van der Waals surface area contributed by atoms with Crippen LogP contribution in [-0.2, 0) is 0 Å². The van der Waals surface area contributed by atoms with Crippen molar-refractivity contribution in [3.63, 3.8) is 0 Å². The van der Waals surface area contributed by atoms with Gasteiger partial charge in [-0.15, -0.1) is 0 Å². The lowest BCUT2D eigenvalue weighted by atomic mass is 10.0. The molecule has 0 aliphatic heterocycles. The number of rotatable bonds is 9. The average Bonchev–Trinajstić information content (AvgIpc) is 2.46. The summed E-state index contributed by atoms with van der Waals surface area (Å²) in [5.74, 6) is 0.560. The number of urea groups is 1. The Morgan fingerprint density at radius 1 is 1.13 bits per heavy atom. The summed E-state index contributed by atoms with van der Waals surface area (Å²) in [7, 11) is 6.09. The maximum absolute atomic E-state index is 12.1. The first-order valence-corrected chi connectivity index (χ1v) is 8.33. The number of anilines is 1. The maximum Gasteiger partial charge on any atom is 0.315 e. The Morgan fingerprint density at radius 2 is 1.78 bits per heavy atom. The molecule has 5 nitrogen and oxygen atoms in total. The van der Waals surface area contributed by atoms with Crippen LogP contribution in [0.15, 0.2) is 30.3 Å². The van der Waals surface area contributed by atoms with Crippen LogP contribution in [0.2, 0.25) is 0 Å². The van der Waals surface area contributed by atoms with E-state index in [2.05, 4.69) is 46.4 Å². The molecule has 0 aromatic heterocycles. The summed E-state index contributed by atoms with van der Waals surface area (Å²) in [5, 5.41) is 6.03. The average molecular weight is 320 g/mol. The molecule has 0 saturated heterocycles. The third kappa shape index (κ3) is 8.45. The number of hydrogen-bond acceptors (Lipinski definition) is 3. The molecule has 130 valence electrons. The fraction of sp³-hybridized carbons (Fsp3) is 0.611. The number of carbonyl (C=O) groups excluding carboxylic acids is 1. The zero-order valence-electron chi connectivity index (χ0n) is 15.2. The molecule has 1 aromatic rings. The second kappa shape index (κ2) is 10.1. The molecule has 0 heterocycles. The highest BCUT2D eigenvalue weighted by molar-refractivity contribution is 5.74. The minimum atomic E-state index is -0.0843. The van der Waals surface area contributed by atoms with E-state index in [1.54, 1.807) is 0 Å². The highest BCUT2D eigenvalue weighted by Crippen LogP contribution is 2.09. The highest BCUT2D eigenvalue weighted by atomic mass is 16.2. The largest absolute Gasteiger partial charge is 0.373 e. The molecule has 1 atom stereocenters. The number of amides is 2. The molecule has 23 heavy (non-hydrogen) atoms. The Bertz CT molecular complexity index is 438. The summed E-state index contributed by atoms with van der Waals surface area (Å²) in [5.41, 5.74) is 1.15. The van der Waals surface area contributed by atoms with Gasteiger partial charge in [0.25, 0.3) is 0 Å². The van der Waals surface area contributed by atoms with Crippen LogP contribution < -0.4 is 15.5 Å². The first-order chi connectivity index (χ1) is 10.9. The molecule has 1 rings (SSSR count). The molecule has 1 aromatic carbocycles. The lowest BCUT2D eigenvalue weighted by molar-refractivity contribution is 0.229. The molecule has 0 bridgehead atoms. The van der Waals surface area contributed by atoms with Gasteiger partial charge in [-0.25, -0.2) is 4.79 Å². The van der Waals surface area contributed by atoms with E-state index in [1.807, 2.05) is 39.3 Å². The van der Waals surface area contributed by atoms with Gasteiger partial charge in [-0.2, -0.15) is 0 Å². The normalized spacial score (nSPS) is 12.3. The smallest absolute Gasteiger partial charge is 0.315 e. The minimum Gasteiger partial charge on any atom is -0.373 e. The molecule has 5 heteroatoms. The molecule has 0 aliphatic rings. The SMILES string of the molecule is CC(C)CC(CN(C)C)NC(=O)NCCN(C)c1ccccc1. The standard InChI is InChI=1S/C18H32N4O/c1-15(2)13-16(14-21(3)4)20-18(23)19-11-12-22(5)17-9-7-6-8-10-17/h6-10,15-16H,11-14H2,1-5H3,(H2,19,20,23). The highest BCUT2D eigenvalue weighted by Gasteiger charge is 2.14. The number of nitrogens with one attached hydrogen (secondary N) is 2. The Morgan fingerprint density at radius 3 is 2.35 bits per heavy atom. The second-order valence-electron chi connectivity index (χ2n) is 6.75. The molecule has 0 fully saturated rings. The van der Waals surface area contributed by atoms with Gasteiger partial charge in [0.1, 0.15) is 0 Å². The van der Waals surface area contributed by atoms with Crippen molar-refractivity contribution >= 4 is 11.7 Å². The van der Waals surface area contributed by atoms with E-state index in [0.717, 1.165) is 25.2 Å². The van der Waals surface area contributed by atoms with Gasteiger partial charge < -0.3 is 20.4 Å². The van der Waals surface area contributed by atoms with Crippen molar-refractivity contribution < 1.29 is 4.79 Å². The fourth-order valence-electron chi connectivity index (χ4n) is 2.57. The molecule has 0 radical (unpaired) electrons. The lowest BCUT2D eigenvalue weighted by Gasteiger charge is -2.24. The molecule has 0 spiro atoms. The van der Waals surface area contributed by atoms with E-state index in [1.165, 1.54) is 0 Å². The van der Waals surface area contributed by atoms with Gasteiger partial charge in [0.2, 0.25) is 0 Å². The van der Waals surface area contributed by atoms with Crippen LogP contribution in [0.4, 0.5) is 10.5 Å². The summed E-state index contributed by atoms with van der Waals surface area (Å²) in [4.78, 5) is 16.3. The van der Waals surface area contributed by atoms with E-state index < -0.39 is 0 Å². The molecule has 2 N–H and O–H groups in total. The van der Waals surface area contributed by atoms with E-state index >= 15 is 0 Å². The van der Waals surface area contributed by atoms with Crippen molar-refractivity contribution in [2.45, 2.75) is 26.3 Å². The number of hydrogen-bond donors (Lipinski definition) is 2. The number of para-hydroxylation sites is 1. The van der Waals surface area contributed by atoms with Crippen molar-refractivity contribution in [1.82, 2.24) is 15.5 Å². The molecular weight excluding hydrogens is 288 g/mol. The Balaban J connectivity index is 2.34. The number of likely N-dealkylation sites (N-methyl/N-ethyl adjacent to an activating group) is 2. The van der Waals surface area contributed by atoms with Gasteiger partial charge in [-0.1, -0.05) is 32.0 Å². The van der Waals surface area contributed by atoms with Gasteiger partial charge in [-0.3, -0.25) is 0 Å². The fourth-order valence-corrected chi connectivity index (χ4v) is 2.57. The van der Waals surface area contributed by atoms with Crippen molar-refractivity contribution in [3.8, 4) is 0 Å². The molecular formula is C18H32N4O. The lowest BCUT2D eigenvalue weighted by Crippen LogP contribution is -2.48. The number of benzene rings is 1. The summed E-state index contributed by atoms with van der Waals surface area (Å²) in [6.07, 6.45) is 0.982. The summed E-state index contributed by atoms with van der Waals surface area (Å²) in [6, 6.07) is 10.3. The predicted octanol–water partition coefficient (Wildman–Crippen LogP) is 2.40. The quantitative estimate of drug-likeness (QED) is 0.734. The zero-order chi connectivity index (χ0) is 17.2. The minimum absolute atomic E-state index is 0.0843. The van der Waals surface area contributed by atoms with Gasteiger partial charge in [0, 0.05) is 38.4 Å². The van der Waals surface area contributed by atoms with Crippen molar-refractivity contribution in [3.05, 3.63) is 30.3 Å². The van der Waals surface area contributed by atoms with Gasteiger partial charge in [0.15, 0.2) is 0 Å². The van der Waals surface area contributed by atoms with E-state index in [9.17, 15) is 4.79 Å². The van der Waals surface area contributed by atoms with Crippen molar-refractivity contribution in [1.29, 1.82) is 0 Å². The van der Waals surface area contributed by atoms with E-state index in [-0.39, 0.29) is 12.1 Å². The van der Waals surface area contributed by atoms with Crippen LogP contribution in [0.5, 0.6) is 0 Å². The van der Waals surface area contributed by atoms with Gasteiger partial charge in [0.05, 0.1) is 0 Å². The zero-order valence-corrected chi connectivity index (χ0v) is 15.2. The monoisotopic (exact) mass is 320 g/mol. The summed E-state index contributed by atoms with van der Waals surface area (Å²) in [6.45, 7) is 6.61. The van der Waals surface area contributed by atoms with Crippen LogP contribution >= 0.6 is 0 Å². The van der Waals surface area contributed by atoms with E-state index in [4.69, 9.17) is 0 Å². The summed E-state index contributed by atoms with van der Waals surface area (Å²) >= 11 is 0. The predicted molar refractivity (Wildman–Crippen MR) is 98.0 cm³/mol. The first kappa shape index (κ1) is 19.3. The Labute approximate surface area is 141 Å². The second-order valence-corrected chi connectivity index (χ2v) is 6.75. The van der Waals surface area contributed by atoms with Gasteiger partial charge >= 0.3 is 6.03 Å². The maximum atomic E-state index is 12.1. The van der Waals surface area contributed by atoms with Crippen LogP contribution in [0.1, 0.15) is 20.3 Å². The third-order valence-corrected chi connectivity index (χ3v) is 3.61. The number of carbonyl (C=O) groups is 1. The van der Waals surface area contributed by atoms with Gasteiger partial charge in [-0.05, 0) is 38.6 Å². The Kier molecular flexibility index (Phi) is 8.48. The van der Waals surface area contributed by atoms with Crippen molar-refractivity contribution in [2.24, 2.45) is 5.92 Å². The first-order valence-electron chi connectivity index (χ1n) is 8.33. The van der Waals surface area contributed by atoms with Crippen LogP contribution in [0.25, 0.3) is 0 Å². The molecule has 2 amide bonds.